The molecule has 2 aliphatic heterocycles. The minimum atomic E-state index is 0.144. The van der Waals surface area contributed by atoms with Gasteiger partial charge in [-0.25, -0.2) is 0 Å². The van der Waals surface area contributed by atoms with Gasteiger partial charge < -0.3 is 15.5 Å². The van der Waals surface area contributed by atoms with Crippen LogP contribution in [0, 0.1) is 0 Å². The second-order valence-electron chi connectivity index (χ2n) is 5.81. The van der Waals surface area contributed by atoms with Gasteiger partial charge in [-0.1, -0.05) is 13.0 Å². The topological polar surface area (TPSA) is 47.6 Å². The maximum Gasteiger partial charge on any atom is 0.256 e. The lowest BCUT2D eigenvalue weighted by molar-refractivity contribution is 0.0529. The number of fused-ring (bicyclic) bond motifs is 1. The minimum Gasteiger partial charge on any atom is -0.382 e. The molecule has 5 heteroatoms. The Labute approximate surface area is 126 Å². The van der Waals surface area contributed by atoms with Crippen molar-refractivity contribution in [1.82, 2.24) is 9.80 Å². The Morgan fingerprint density at radius 3 is 2.86 bits per heavy atom. The number of para-hydroxylation sites is 1. The van der Waals surface area contributed by atoms with Crippen molar-refractivity contribution in [3.63, 3.8) is 0 Å². The van der Waals surface area contributed by atoms with Crippen LogP contribution < -0.4 is 10.6 Å². The lowest BCUT2D eigenvalue weighted by atomic mass is 10.1. The van der Waals surface area contributed by atoms with Crippen LogP contribution in [0.4, 0.5) is 11.4 Å². The van der Waals surface area contributed by atoms with E-state index in [1.54, 1.807) is 0 Å². The largest absolute Gasteiger partial charge is 0.382 e. The number of amides is 1. The van der Waals surface area contributed by atoms with Gasteiger partial charge in [-0.3, -0.25) is 9.69 Å². The van der Waals surface area contributed by atoms with E-state index in [0.717, 1.165) is 56.2 Å². The number of likely N-dealkylation sites (N-methyl/N-ethyl adjacent to an activating group) is 1. The fraction of sp³-hybridized carbons (Fsp3) is 0.562. The summed E-state index contributed by atoms with van der Waals surface area (Å²) in [6.45, 7) is 9.77. The molecule has 0 spiro atoms. The van der Waals surface area contributed by atoms with Gasteiger partial charge in [0.1, 0.15) is 0 Å². The first kappa shape index (κ1) is 14.2. The number of nitrogens with one attached hydrogen (secondary N) is 2. The summed E-state index contributed by atoms with van der Waals surface area (Å²) in [5, 5.41) is 6.71. The first-order valence-electron chi connectivity index (χ1n) is 7.84. The smallest absolute Gasteiger partial charge is 0.256 e. The number of rotatable bonds is 2. The lowest BCUT2D eigenvalue weighted by Gasteiger charge is -2.39. The first-order chi connectivity index (χ1) is 10.2. The molecule has 5 nitrogen and oxygen atoms in total. The zero-order chi connectivity index (χ0) is 14.8. The highest BCUT2D eigenvalue weighted by molar-refractivity contribution is 6.02. The minimum absolute atomic E-state index is 0.144. The van der Waals surface area contributed by atoms with E-state index < -0.39 is 0 Å². The van der Waals surface area contributed by atoms with Crippen LogP contribution in [0.5, 0.6) is 0 Å². The SMILES string of the molecule is CCN1CCN(C(=O)c2cccc3c2NCCN3)CC1C. The summed E-state index contributed by atoms with van der Waals surface area (Å²) in [7, 11) is 0. The Bertz CT molecular complexity index is 531. The molecule has 1 saturated heterocycles. The van der Waals surface area contributed by atoms with Crippen molar-refractivity contribution in [1.29, 1.82) is 0 Å². The molecular formula is C16H24N4O. The summed E-state index contributed by atoms with van der Waals surface area (Å²) in [5.41, 5.74) is 2.78. The number of anilines is 2. The van der Waals surface area contributed by atoms with Crippen LogP contribution in [0.2, 0.25) is 0 Å². The van der Waals surface area contributed by atoms with Crippen LogP contribution in [-0.2, 0) is 0 Å². The fourth-order valence-electron chi connectivity index (χ4n) is 3.27. The second kappa shape index (κ2) is 5.93. The van der Waals surface area contributed by atoms with E-state index in [-0.39, 0.29) is 5.91 Å². The van der Waals surface area contributed by atoms with Crippen LogP contribution >= 0.6 is 0 Å². The number of benzene rings is 1. The molecule has 0 bridgehead atoms. The molecule has 1 aromatic rings. The van der Waals surface area contributed by atoms with Gasteiger partial charge in [-0.05, 0) is 25.6 Å². The molecule has 0 aliphatic carbocycles. The fourth-order valence-corrected chi connectivity index (χ4v) is 3.27. The third-order valence-electron chi connectivity index (χ3n) is 4.50. The third-order valence-corrected chi connectivity index (χ3v) is 4.50. The van der Waals surface area contributed by atoms with E-state index in [1.165, 1.54) is 0 Å². The molecule has 0 saturated carbocycles. The Morgan fingerprint density at radius 2 is 2.10 bits per heavy atom. The summed E-state index contributed by atoms with van der Waals surface area (Å²) in [6, 6.07) is 6.34. The summed E-state index contributed by atoms with van der Waals surface area (Å²) in [4.78, 5) is 17.3. The van der Waals surface area contributed by atoms with Crippen LogP contribution in [0.25, 0.3) is 0 Å². The maximum absolute atomic E-state index is 12.9. The van der Waals surface area contributed by atoms with Crippen molar-refractivity contribution in [3.05, 3.63) is 23.8 Å². The maximum atomic E-state index is 12.9. The van der Waals surface area contributed by atoms with Gasteiger partial charge in [-0.2, -0.15) is 0 Å². The van der Waals surface area contributed by atoms with Crippen molar-refractivity contribution in [3.8, 4) is 0 Å². The Kier molecular flexibility index (Phi) is 4.01. The molecule has 1 fully saturated rings. The second-order valence-corrected chi connectivity index (χ2v) is 5.81. The van der Waals surface area contributed by atoms with Gasteiger partial charge in [0.25, 0.3) is 5.91 Å². The van der Waals surface area contributed by atoms with Gasteiger partial charge in [0.2, 0.25) is 0 Å². The van der Waals surface area contributed by atoms with Gasteiger partial charge in [0.05, 0.1) is 16.9 Å². The van der Waals surface area contributed by atoms with E-state index in [9.17, 15) is 4.79 Å². The molecule has 114 valence electrons. The summed E-state index contributed by atoms with van der Waals surface area (Å²) in [5.74, 6) is 0.144. The van der Waals surface area contributed by atoms with Gasteiger partial charge >= 0.3 is 0 Å². The van der Waals surface area contributed by atoms with E-state index >= 15 is 0 Å². The highest BCUT2D eigenvalue weighted by atomic mass is 16.2. The Morgan fingerprint density at radius 1 is 1.29 bits per heavy atom. The van der Waals surface area contributed by atoms with E-state index in [2.05, 4.69) is 29.4 Å². The van der Waals surface area contributed by atoms with Crippen molar-refractivity contribution in [2.24, 2.45) is 0 Å². The molecule has 2 N–H and O–H groups in total. The Balaban J connectivity index is 1.80. The average Bonchev–Trinajstić information content (AvgIpc) is 2.53. The summed E-state index contributed by atoms with van der Waals surface area (Å²) in [6.07, 6.45) is 0. The molecule has 3 rings (SSSR count). The molecule has 1 unspecified atom stereocenters. The van der Waals surface area contributed by atoms with Gasteiger partial charge in [-0.15, -0.1) is 0 Å². The molecule has 0 aromatic heterocycles. The molecule has 1 atom stereocenters. The van der Waals surface area contributed by atoms with Crippen molar-refractivity contribution in [2.45, 2.75) is 19.9 Å². The van der Waals surface area contributed by atoms with Crippen LogP contribution in [0.3, 0.4) is 0 Å². The standard InChI is InChI=1S/C16H24N4O/c1-3-19-9-10-20(11-12(19)2)16(21)13-5-4-6-14-15(13)18-8-7-17-14/h4-6,12,17-18H,3,7-11H2,1-2H3. The molecule has 2 aliphatic rings. The number of carbonyl (C=O) groups is 1. The normalized spacial score (nSPS) is 22.2. The van der Waals surface area contributed by atoms with Crippen molar-refractivity contribution >= 4 is 17.3 Å². The monoisotopic (exact) mass is 288 g/mol. The predicted octanol–water partition coefficient (Wildman–Crippen LogP) is 1.69. The number of hydrogen-bond donors (Lipinski definition) is 2. The summed E-state index contributed by atoms with van der Waals surface area (Å²) < 4.78 is 0. The Hall–Kier alpha value is -1.75. The highest BCUT2D eigenvalue weighted by Gasteiger charge is 2.28. The van der Waals surface area contributed by atoms with Crippen LogP contribution in [0.15, 0.2) is 18.2 Å². The first-order valence-corrected chi connectivity index (χ1v) is 7.84. The molecular weight excluding hydrogens is 264 g/mol. The third kappa shape index (κ3) is 2.70. The van der Waals surface area contributed by atoms with E-state index in [4.69, 9.17) is 0 Å². The van der Waals surface area contributed by atoms with Gasteiger partial charge in [0.15, 0.2) is 0 Å². The number of piperazine rings is 1. The van der Waals surface area contributed by atoms with E-state index in [1.807, 2.05) is 23.1 Å². The lowest BCUT2D eigenvalue weighted by Crippen LogP contribution is -2.53. The number of carbonyl (C=O) groups excluding carboxylic acids is 1. The molecule has 1 aromatic carbocycles. The van der Waals surface area contributed by atoms with Crippen molar-refractivity contribution in [2.75, 3.05) is 49.9 Å². The van der Waals surface area contributed by atoms with Crippen LogP contribution in [-0.4, -0.2) is 61.0 Å². The molecule has 2 heterocycles. The van der Waals surface area contributed by atoms with Gasteiger partial charge in [0, 0.05) is 38.8 Å². The van der Waals surface area contributed by atoms with Crippen LogP contribution in [0.1, 0.15) is 24.2 Å². The number of hydrogen-bond acceptors (Lipinski definition) is 4. The van der Waals surface area contributed by atoms with E-state index in [0.29, 0.717) is 6.04 Å². The zero-order valence-corrected chi connectivity index (χ0v) is 12.9. The molecule has 0 radical (unpaired) electrons. The number of nitrogens with zero attached hydrogens (tertiary/aromatic N) is 2. The van der Waals surface area contributed by atoms with Crippen molar-refractivity contribution < 1.29 is 4.79 Å². The average molecular weight is 288 g/mol. The zero-order valence-electron chi connectivity index (χ0n) is 12.9. The molecule has 21 heavy (non-hydrogen) atoms. The summed E-state index contributed by atoms with van der Waals surface area (Å²) >= 11 is 0. The highest BCUT2D eigenvalue weighted by Crippen LogP contribution is 2.29. The predicted molar refractivity (Wildman–Crippen MR) is 86.0 cm³/mol. The molecule has 1 amide bonds. The quantitative estimate of drug-likeness (QED) is 0.869.